The van der Waals surface area contributed by atoms with E-state index in [4.69, 9.17) is 24.1 Å². The van der Waals surface area contributed by atoms with Crippen molar-refractivity contribution < 1.29 is 22.3 Å². The number of allylic oxidation sites excluding steroid dienone is 1. The van der Waals surface area contributed by atoms with Gasteiger partial charge in [0.15, 0.2) is 5.65 Å². The summed E-state index contributed by atoms with van der Waals surface area (Å²) in [6.45, 7) is 4.06. The third kappa shape index (κ3) is 4.68. The Morgan fingerprint density at radius 3 is 2.62 bits per heavy atom. The number of aryl methyl sites for hydroxylation is 3. The van der Waals surface area contributed by atoms with E-state index >= 15 is 0 Å². The zero-order valence-electron chi connectivity index (χ0n) is 21.5. The number of halogens is 3. The molecule has 6 rings (SSSR count). The van der Waals surface area contributed by atoms with Crippen molar-refractivity contribution in [3.8, 4) is 11.5 Å². The zero-order valence-corrected chi connectivity index (χ0v) is 21.5. The maximum absolute atomic E-state index is 13.3. The summed E-state index contributed by atoms with van der Waals surface area (Å²) in [6, 6.07) is 5.03. The summed E-state index contributed by atoms with van der Waals surface area (Å²) in [5.74, 6) is 0.747. The van der Waals surface area contributed by atoms with Gasteiger partial charge < -0.3 is 13.7 Å². The Balaban J connectivity index is 1.46. The highest BCUT2D eigenvalue weighted by molar-refractivity contribution is 5.92. The summed E-state index contributed by atoms with van der Waals surface area (Å²) in [5.41, 5.74) is 5.58. The number of pyridine rings is 2. The molecule has 1 aliphatic carbocycles. The fourth-order valence-corrected chi connectivity index (χ4v) is 4.99. The molecule has 4 aromatic rings. The minimum Gasteiger partial charge on any atom is -0.444 e. The lowest BCUT2D eigenvalue weighted by atomic mass is 9.90. The molecular weight excluding hydrogens is 511 g/mol. The first-order valence-corrected chi connectivity index (χ1v) is 12.5. The number of ether oxygens (including phenoxy) is 1. The monoisotopic (exact) mass is 535 g/mol. The summed E-state index contributed by atoms with van der Waals surface area (Å²) in [4.78, 5) is 30.5. The fraction of sp³-hybridized carbons (Fsp3) is 0.357. The van der Waals surface area contributed by atoms with Gasteiger partial charge in [-0.2, -0.15) is 13.2 Å². The lowest BCUT2D eigenvalue weighted by Gasteiger charge is -2.29. The maximum Gasteiger partial charge on any atom is 0.420 e. The molecule has 4 aromatic heterocycles. The third-order valence-electron chi connectivity index (χ3n) is 7.16. The molecule has 1 fully saturated rings. The summed E-state index contributed by atoms with van der Waals surface area (Å²) in [6.07, 6.45) is -0.524. The molecular formula is C28H24F3N5O3. The molecule has 0 aromatic carbocycles. The van der Waals surface area contributed by atoms with Gasteiger partial charge in [0.05, 0.1) is 34.3 Å². The van der Waals surface area contributed by atoms with Crippen LogP contribution in [-0.4, -0.2) is 37.3 Å². The van der Waals surface area contributed by atoms with Crippen LogP contribution in [-0.2, 0) is 11.8 Å². The molecule has 0 radical (unpaired) electrons. The SMILES string of the molecule is Cc1coc(-c2cc3c(C4=C=C(C(F)(F)F)C4)nc([C@H]4CCO[C@@H](c5ccc(=O)n(C)c5)C4)nc3nc2C)n1. The molecule has 0 saturated carbocycles. The van der Waals surface area contributed by atoms with Gasteiger partial charge >= 0.3 is 6.18 Å². The van der Waals surface area contributed by atoms with Crippen LogP contribution in [0.5, 0.6) is 0 Å². The molecule has 0 amide bonds. The molecule has 2 aliphatic rings. The average molecular weight is 536 g/mol. The zero-order chi connectivity index (χ0) is 27.5. The van der Waals surface area contributed by atoms with Crippen molar-refractivity contribution in [3.63, 3.8) is 0 Å². The van der Waals surface area contributed by atoms with Gasteiger partial charge in [-0.3, -0.25) is 4.79 Å². The van der Waals surface area contributed by atoms with Crippen molar-refractivity contribution in [3.05, 3.63) is 80.8 Å². The lowest BCUT2D eigenvalue weighted by molar-refractivity contribution is -0.0934. The molecule has 11 heteroatoms. The van der Waals surface area contributed by atoms with Crippen molar-refractivity contribution in [1.82, 2.24) is 24.5 Å². The highest BCUT2D eigenvalue weighted by Gasteiger charge is 2.39. The number of rotatable bonds is 4. The van der Waals surface area contributed by atoms with Gasteiger partial charge in [-0.15, -0.1) is 5.73 Å². The molecule has 200 valence electrons. The fourth-order valence-electron chi connectivity index (χ4n) is 4.99. The number of fused-ring (bicyclic) bond motifs is 1. The van der Waals surface area contributed by atoms with Crippen LogP contribution in [0, 0.1) is 13.8 Å². The smallest absolute Gasteiger partial charge is 0.420 e. The van der Waals surface area contributed by atoms with Crippen LogP contribution < -0.4 is 5.56 Å². The Morgan fingerprint density at radius 2 is 1.92 bits per heavy atom. The predicted molar refractivity (Wildman–Crippen MR) is 136 cm³/mol. The Kier molecular flexibility index (Phi) is 6.00. The van der Waals surface area contributed by atoms with Crippen LogP contribution in [0.3, 0.4) is 0 Å². The van der Waals surface area contributed by atoms with Gasteiger partial charge in [-0.25, -0.2) is 19.9 Å². The van der Waals surface area contributed by atoms with Gasteiger partial charge in [0.2, 0.25) is 11.4 Å². The molecule has 0 bridgehead atoms. The molecule has 2 atom stereocenters. The van der Waals surface area contributed by atoms with E-state index in [9.17, 15) is 18.0 Å². The van der Waals surface area contributed by atoms with E-state index in [0.717, 1.165) is 5.56 Å². The molecule has 0 spiro atoms. The van der Waals surface area contributed by atoms with Crippen molar-refractivity contribution in [2.75, 3.05) is 6.61 Å². The van der Waals surface area contributed by atoms with Gasteiger partial charge in [0, 0.05) is 49.2 Å². The first kappa shape index (κ1) is 25.2. The summed E-state index contributed by atoms with van der Waals surface area (Å²) < 4.78 is 52.8. The van der Waals surface area contributed by atoms with Crippen LogP contribution >= 0.6 is 0 Å². The van der Waals surface area contributed by atoms with Crippen LogP contribution in [0.2, 0.25) is 0 Å². The van der Waals surface area contributed by atoms with E-state index < -0.39 is 11.7 Å². The molecule has 0 N–H and O–H groups in total. The molecule has 1 saturated heterocycles. The van der Waals surface area contributed by atoms with E-state index in [0.29, 0.717) is 70.4 Å². The molecule has 39 heavy (non-hydrogen) atoms. The normalized spacial score (nSPS) is 19.5. The number of nitrogens with zero attached hydrogens (tertiary/aromatic N) is 5. The quantitative estimate of drug-likeness (QED) is 0.318. The van der Waals surface area contributed by atoms with Gasteiger partial charge in [-0.05, 0) is 44.4 Å². The largest absolute Gasteiger partial charge is 0.444 e. The number of aromatic nitrogens is 5. The van der Waals surface area contributed by atoms with Gasteiger partial charge in [0.25, 0.3) is 0 Å². The van der Waals surface area contributed by atoms with E-state index in [1.54, 1.807) is 32.3 Å². The minimum atomic E-state index is -4.44. The Bertz CT molecular complexity index is 1750. The van der Waals surface area contributed by atoms with Crippen LogP contribution in [0.25, 0.3) is 28.1 Å². The van der Waals surface area contributed by atoms with Crippen LogP contribution in [0.1, 0.15) is 59.8 Å². The maximum atomic E-state index is 13.3. The number of alkyl halides is 3. The Morgan fingerprint density at radius 1 is 1.13 bits per heavy atom. The second kappa shape index (κ2) is 9.29. The molecule has 0 unspecified atom stereocenters. The predicted octanol–water partition coefficient (Wildman–Crippen LogP) is 5.51. The van der Waals surface area contributed by atoms with Crippen molar-refractivity contribution in [2.45, 2.75) is 51.3 Å². The summed E-state index contributed by atoms with van der Waals surface area (Å²) in [5, 5.41) is 0.514. The van der Waals surface area contributed by atoms with E-state index in [-0.39, 0.29) is 24.0 Å². The lowest BCUT2D eigenvalue weighted by Crippen LogP contribution is -2.23. The summed E-state index contributed by atoms with van der Waals surface area (Å²) in [7, 11) is 1.68. The molecule has 1 aliphatic heterocycles. The summed E-state index contributed by atoms with van der Waals surface area (Å²) >= 11 is 0. The topological polar surface area (TPSA) is 95.9 Å². The second-order valence-electron chi connectivity index (χ2n) is 9.97. The first-order chi connectivity index (χ1) is 18.6. The highest BCUT2D eigenvalue weighted by Crippen LogP contribution is 2.42. The standard InChI is InChI=1S/C28H24F3N5O3/c1-14-13-39-27(32-14)20-11-21-24(18-8-19(9-18)28(29,30)31)34-25(35-26(21)33-15(20)2)16-6-7-38-22(10-16)17-4-5-23(37)36(3)12-17/h4-5,11-13,16,22H,6-8,10H2,1-3H3/t16-,22+/m0/s1. The first-order valence-electron chi connectivity index (χ1n) is 12.5. The number of hydrogen-bond donors (Lipinski definition) is 0. The number of hydrogen-bond acceptors (Lipinski definition) is 7. The Hall–Kier alpha value is -4.08. The molecule has 5 heterocycles. The highest BCUT2D eigenvalue weighted by atomic mass is 19.4. The van der Waals surface area contributed by atoms with Crippen molar-refractivity contribution in [1.29, 1.82) is 0 Å². The van der Waals surface area contributed by atoms with E-state index in [1.165, 1.54) is 16.9 Å². The van der Waals surface area contributed by atoms with E-state index in [1.807, 2.05) is 6.92 Å². The van der Waals surface area contributed by atoms with Gasteiger partial charge in [-0.1, -0.05) is 0 Å². The number of oxazole rings is 1. The van der Waals surface area contributed by atoms with Crippen molar-refractivity contribution in [2.24, 2.45) is 7.05 Å². The average Bonchev–Trinajstić information content (AvgIpc) is 3.29. The molecule has 8 nitrogen and oxygen atoms in total. The second-order valence-corrected chi connectivity index (χ2v) is 9.97. The minimum absolute atomic E-state index is 0.116. The van der Waals surface area contributed by atoms with Crippen molar-refractivity contribution >= 4 is 16.6 Å². The van der Waals surface area contributed by atoms with Crippen LogP contribution in [0.15, 0.2) is 51.2 Å². The van der Waals surface area contributed by atoms with Gasteiger partial charge in [0.1, 0.15) is 12.1 Å². The van der Waals surface area contributed by atoms with E-state index in [2.05, 4.69) is 10.7 Å². The Labute approximate surface area is 220 Å². The van der Waals surface area contributed by atoms with Crippen LogP contribution in [0.4, 0.5) is 13.2 Å². The third-order valence-corrected chi connectivity index (χ3v) is 7.16.